The summed E-state index contributed by atoms with van der Waals surface area (Å²) in [7, 11) is -4.07. The van der Waals surface area contributed by atoms with Crippen molar-refractivity contribution in [2.45, 2.75) is 25.2 Å². The third kappa shape index (κ3) is 4.71. The van der Waals surface area contributed by atoms with E-state index in [1.54, 1.807) is 0 Å². The maximum absolute atomic E-state index is 13.4. The van der Waals surface area contributed by atoms with Gasteiger partial charge in [-0.1, -0.05) is 13.8 Å². The highest BCUT2D eigenvalue weighted by Gasteiger charge is 2.24. The van der Waals surface area contributed by atoms with Crippen LogP contribution < -0.4 is 4.72 Å². The van der Waals surface area contributed by atoms with Gasteiger partial charge in [0.15, 0.2) is 0 Å². The Balaban J connectivity index is 2.90. The van der Waals surface area contributed by atoms with Crippen LogP contribution in [0, 0.1) is 17.0 Å². The Labute approximate surface area is 117 Å². The zero-order valence-corrected chi connectivity index (χ0v) is 12.3. The van der Waals surface area contributed by atoms with Gasteiger partial charge >= 0.3 is 0 Å². The van der Waals surface area contributed by atoms with Gasteiger partial charge in [-0.3, -0.25) is 0 Å². The van der Waals surface area contributed by atoms with Gasteiger partial charge in [0.05, 0.1) is 0 Å². The molecule has 0 fully saturated rings. The molecule has 108 valence electrons. The maximum atomic E-state index is 13.4. The molecule has 0 heterocycles. The molecule has 0 saturated carbocycles. The molecule has 19 heavy (non-hydrogen) atoms. The summed E-state index contributed by atoms with van der Waals surface area (Å²) in [5, 5.41) is 0. The minimum absolute atomic E-state index is 0.0952. The quantitative estimate of drug-likeness (QED) is 0.821. The Morgan fingerprint density at radius 2 is 1.95 bits per heavy atom. The zero-order chi connectivity index (χ0) is 14.7. The summed E-state index contributed by atoms with van der Waals surface area (Å²) in [6, 6.07) is 2.31. The van der Waals surface area contributed by atoms with E-state index >= 15 is 0 Å². The molecule has 0 radical (unpaired) electrons. The lowest BCUT2D eigenvalue weighted by molar-refractivity contribution is 0.352. The number of alkyl halides is 1. The molecule has 0 aliphatic rings. The summed E-state index contributed by atoms with van der Waals surface area (Å²) in [5.74, 6) is -1.39. The fraction of sp³-hybridized carbons (Fsp3) is 0.500. The molecule has 7 heteroatoms. The number of rotatable bonds is 6. The van der Waals surface area contributed by atoms with Gasteiger partial charge in [-0.15, -0.1) is 11.6 Å². The predicted molar refractivity (Wildman–Crippen MR) is 70.7 cm³/mol. The number of benzene rings is 1. The highest BCUT2D eigenvalue weighted by Crippen LogP contribution is 2.21. The Kier molecular flexibility index (Phi) is 5.29. The molecular weight excluding hydrogens is 296 g/mol. The van der Waals surface area contributed by atoms with Gasteiger partial charge in [0.25, 0.3) is 0 Å². The number of hydrogen-bond donors (Lipinski definition) is 1. The van der Waals surface area contributed by atoms with Crippen LogP contribution in [0.2, 0.25) is 0 Å². The molecule has 1 aromatic carbocycles. The smallest absolute Gasteiger partial charge is 0.211 e. The highest BCUT2D eigenvalue weighted by atomic mass is 35.5. The number of sulfonamides is 1. The van der Waals surface area contributed by atoms with Gasteiger partial charge < -0.3 is 0 Å². The molecule has 0 aromatic heterocycles. The zero-order valence-electron chi connectivity index (χ0n) is 10.7. The Hall–Kier alpha value is -0.720. The van der Waals surface area contributed by atoms with Gasteiger partial charge in [-0.2, -0.15) is 0 Å². The van der Waals surface area contributed by atoms with E-state index in [2.05, 4.69) is 4.72 Å². The van der Waals surface area contributed by atoms with Crippen molar-refractivity contribution in [1.29, 1.82) is 0 Å². The van der Waals surface area contributed by atoms with E-state index in [9.17, 15) is 17.2 Å². The number of nitrogens with one attached hydrogen (secondary N) is 1. The van der Waals surface area contributed by atoms with Crippen molar-refractivity contribution in [3.05, 3.63) is 29.8 Å². The third-order valence-electron chi connectivity index (χ3n) is 2.69. The molecule has 0 unspecified atom stereocenters. The average molecular weight is 312 g/mol. The van der Waals surface area contributed by atoms with E-state index in [-0.39, 0.29) is 12.0 Å². The van der Waals surface area contributed by atoms with Crippen molar-refractivity contribution in [3.8, 4) is 0 Å². The second kappa shape index (κ2) is 6.15. The van der Waals surface area contributed by atoms with Crippen LogP contribution in [0.4, 0.5) is 8.78 Å². The van der Waals surface area contributed by atoms with Crippen molar-refractivity contribution >= 4 is 21.6 Å². The first-order chi connectivity index (χ1) is 8.68. The van der Waals surface area contributed by atoms with E-state index < -0.39 is 26.6 Å². The second-order valence-corrected chi connectivity index (χ2v) is 7.12. The van der Waals surface area contributed by atoms with Crippen molar-refractivity contribution in [3.63, 3.8) is 0 Å². The molecular formula is C12H16ClF2NO2S. The van der Waals surface area contributed by atoms with Gasteiger partial charge in [-0.25, -0.2) is 21.9 Å². The summed E-state index contributed by atoms with van der Waals surface area (Å²) in [6.45, 7) is 3.76. The summed E-state index contributed by atoms with van der Waals surface area (Å²) >= 11 is 5.61. The first-order valence-corrected chi connectivity index (χ1v) is 7.70. The minimum Gasteiger partial charge on any atom is -0.211 e. The van der Waals surface area contributed by atoms with Crippen molar-refractivity contribution in [2.75, 3.05) is 12.4 Å². The molecule has 0 atom stereocenters. The van der Waals surface area contributed by atoms with Gasteiger partial charge in [0.2, 0.25) is 10.0 Å². The molecule has 0 aliphatic heterocycles. The van der Waals surface area contributed by atoms with Gasteiger partial charge in [0.1, 0.15) is 16.5 Å². The Morgan fingerprint density at radius 3 is 2.53 bits per heavy atom. The second-order valence-electron chi connectivity index (χ2n) is 5.00. The molecule has 0 aliphatic carbocycles. The van der Waals surface area contributed by atoms with Crippen LogP contribution >= 0.6 is 11.6 Å². The van der Waals surface area contributed by atoms with E-state index in [0.717, 1.165) is 12.1 Å². The molecule has 0 bridgehead atoms. The summed E-state index contributed by atoms with van der Waals surface area (Å²) in [5.41, 5.74) is -0.362. The number of halogens is 3. The van der Waals surface area contributed by atoms with Crippen molar-refractivity contribution in [1.82, 2.24) is 4.72 Å². The van der Waals surface area contributed by atoms with Crippen LogP contribution in [0.25, 0.3) is 0 Å². The average Bonchev–Trinajstić information content (AvgIpc) is 2.30. The van der Waals surface area contributed by atoms with Crippen LogP contribution in [-0.2, 0) is 10.0 Å². The molecule has 0 amide bonds. The van der Waals surface area contributed by atoms with Crippen LogP contribution in [0.3, 0.4) is 0 Å². The summed E-state index contributed by atoms with van der Waals surface area (Å²) in [4.78, 5) is -0.686. The lowest BCUT2D eigenvalue weighted by Crippen LogP contribution is -2.34. The molecule has 0 saturated heterocycles. The summed E-state index contributed by atoms with van der Waals surface area (Å²) < 4.78 is 52.5. The fourth-order valence-electron chi connectivity index (χ4n) is 1.40. The Morgan fingerprint density at radius 1 is 1.32 bits per heavy atom. The van der Waals surface area contributed by atoms with E-state index in [0.29, 0.717) is 18.4 Å². The van der Waals surface area contributed by atoms with E-state index in [1.165, 1.54) is 0 Å². The maximum Gasteiger partial charge on any atom is 0.243 e. The van der Waals surface area contributed by atoms with Crippen LogP contribution in [-0.4, -0.2) is 20.8 Å². The molecule has 0 spiro atoms. The SMILES string of the molecule is CC(C)(CCCl)CNS(=O)(=O)c1cc(F)ccc1F. The van der Waals surface area contributed by atoms with E-state index in [1.807, 2.05) is 13.8 Å². The number of hydrogen-bond acceptors (Lipinski definition) is 2. The topological polar surface area (TPSA) is 46.2 Å². The molecule has 3 nitrogen and oxygen atoms in total. The Bertz CT molecular complexity index is 547. The fourth-order valence-corrected chi connectivity index (χ4v) is 3.24. The highest BCUT2D eigenvalue weighted by molar-refractivity contribution is 7.89. The molecule has 1 N–H and O–H groups in total. The minimum atomic E-state index is -4.07. The monoisotopic (exact) mass is 311 g/mol. The third-order valence-corrected chi connectivity index (χ3v) is 4.30. The predicted octanol–water partition coefficient (Wildman–Crippen LogP) is 2.90. The first-order valence-electron chi connectivity index (χ1n) is 5.69. The molecule has 1 rings (SSSR count). The van der Waals surface area contributed by atoms with E-state index in [4.69, 9.17) is 11.6 Å². The van der Waals surface area contributed by atoms with Crippen LogP contribution in [0.1, 0.15) is 20.3 Å². The first kappa shape index (κ1) is 16.3. The van der Waals surface area contributed by atoms with Gasteiger partial charge in [0, 0.05) is 12.4 Å². The van der Waals surface area contributed by atoms with Gasteiger partial charge in [-0.05, 0) is 30.0 Å². The lowest BCUT2D eigenvalue weighted by Gasteiger charge is -2.23. The van der Waals surface area contributed by atoms with Crippen molar-refractivity contribution < 1.29 is 17.2 Å². The van der Waals surface area contributed by atoms with Crippen molar-refractivity contribution in [2.24, 2.45) is 5.41 Å². The lowest BCUT2D eigenvalue weighted by atomic mass is 9.91. The van der Waals surface area contributed by atoms with Crippen LogP contribution in [0.5, 0.6) is 0 Å². The normalized spacial score (nSPS) is 12.7. The molecule has 1 aromatic rings. The van der Waals surface area contributed by atoms with Crippen LogP contribution in [0.15, 0.2) is 23.1 Å². The largest absolute Gasteiger partial charge is 0.243 e. The standard InChI is InChI=1S/C12H16ClF2NO2S/c1-12(2,5-6-13)8-16-19(17,18)11-7-9(14)3-4-10(11)15/h3-4,7,16H,5-6,8H2,1-2H3. The summed E-state index contributed by atoms with van der Waals surface area (Å²) in [6.07, 6.45) is 0.600.